The number of methoxy groups -OCH3 is 1. The molecule has 0 radical (unpaired) electrons. The van der Waals surface area contributed by atoms with Gasteiger partial charge in [0.2, 0.25) is 0 Å². The van der Waals surface area contributed by atoms with Crippen molar-refractivity contribution in [2.75, 3.05) is 7.11 Å². The average molecular weight is 218 g/mol. The summed E-state index contributed by atoms with van der Waals surface area (Å²) in [6.45, 7) is 2.04. The molecule has 1 aromatic carbocycles. The van der Waals surface area contributed by atoms with E-state index in [4.69, 9.17) is 9.47 Å². The molecule has 0 heterocycles. The number of ether oxygens (including phenoxy) is 2. The lowest BCUT2D eigenvalue weighted by atomic mass is 10.2. The summed E-state index contributed by atoms with van der Waals surface area (Å²) >= 11 is 0. The molecule has 1 rings (SSSR count). The number of rotatable bonds is 4. The summed E-state index contributed by atoms with van der Waals surface area (Å²) < 4.78 is 10.3. The van der Waals surface area contributed by atoms with Gasteiger partial charge in [-0.15, -0.1) is 0 Å². The maximum atomic E-state index is 10.6. The molecule has 0 aliphatic heterocycles. The molecule has 0 aliphatic carbocycles. The van der Waals surface area contributed by atoms with Crippen LogP contribution in [-0.4, -0.2) is 13.4 Å². The number of hydrogen-bond acceptors (Lipinski definition) is 3. The van der Waals surface area contributed by atoms with Crippen LogP contribution in [-0.2, 0) is 0 Å². The Bertz CT molecular complexity index is 413. The van der Waals surface area contributed by atoms with E-state index in [1.54, 1.807) is 25.3 Å². The summed E-state index contributed by atoms with van der Waals surface area (Å²) in [5.74, 6) is 3.89. The summed E-state index contributed by atoms with van der Waals surface area (Å²) in [6, 6.07) is 4.95. The number of carbonyl (C=O) groups is 1. The standard InChI is InChI=1S/C13H14O3/c1-3-4-5-8-16-13-9-11(10-14)6-7-12(13)15-2/h6-7,9-10H,3-4H2,1-2H3. The molecule has 0 fully saturated rings. The van der Waals surface area contributed by atoms with E-state index >= 15 is 0 Å². The van der Waals surface area contributed by atoms with Crippen LogP contribution in [0.3, 0.4) is 0 Å². The number of hydrogen-bond donors (Lipinski definition) is 0. The van der Waals surface area contributed by atoms with Crippen LogP contribution >= 0.6 is 0 Å². The molecule has 0 amide bonds. The van der Waals surface area contributed by atoms with Crippen molar-refractivity contribution < 1.29 is 14.3 Å². The van der Waals surface area contributed by atoms with Crippen LogP contribution < -0.4 is 9.47 Å². The molecule has 0 bridgehead atoms. The van der Waals surface area contributed by atoms with Crippen molar-refractivity contribution in [1.29, 1.82) is 0 Å². The van der Waals surface area contributed by atoms with Gasteiger partial charge in [-0.2, -0.15) is 0 Å². The lowest BCUT2D eigenvalue weighted by molar-refractivity contribution is 0.112. The smallest absolute Gasteiger partial charge is 0.182 e. The van der Waals surface area contributed by atoms with Crippen LogP contribution in [0.15, 0.2) is 18.2 Å². The van der Waals surface area contributed by atoms with Gasteiger partial charge in [-0.1, -0.05) is 12.8 Å². The highest BCUT2D eigenvalue weighted by molar-refractivity contribution is 5.76. The molecule has 84 valence electrons. The Kier molecular flexibility index (Phi) is 4.94. The van der Waals surface area contributed by atoms with Crippen molar-refractivity contribution in [2.45, 2.75) is 19.8 Å². The van der Waals surface area contributed by atoms with Crippen LogP contribution in [0.25, 0.3) is 0 Å². The van der Waals surface area contributed by atoms with Gasteiger partial charge in [-0.05, 0) is 24.6 Å². The fourth-order valence-electron chi connectivity index (χ4n) is 1.11. The lowest BCUT2D eigenvalue weighted by Gasteiger charge is -2.05. The second-order valence-corrected chi connectivity index (χ2v) is 3.16. The van der Waals surface area contributed by atoms with E-state index in [1.165, 1.54) is 0 Å². The third kappa shape index (κ3) is 3.32. The largest absolute Gasteiger partial charge is 0.493 e. The molecule has 0 spiro atoms. The quantitative estimate of drug-likeness (QED) is 0.575. The minimum atomic E-state index is 0.468. The minimum absolute atomic E-state index is 0.468. The zero-order valence-corrected chi connectivity index (χ0v) is 9.45. The summed E-state index contributed by atoms with van der Waals surface area (Å²) in [6.07, 6.45) is 5.11. The second kappa shape index (κ2) is 6.52. The molecule has 0 N–H and O–H groups in total. The van der Waals surface area contributed by atoms with Crippen molar-refractivity contribution >= 4 is 6.29 Å². The topological polar surface area (TPSA) is 35.5 Å². The Morgan fingerprint density at radius 3 is 2.81 bits per heavy atom. The molecule has 0 unspecified atom stereocenters. The summed E-state index contributed by atoms with van der Waals surface area (Å²) in [5, 5.41) is 0. The first kappa shape index (κ1) is 12.1. The van der Waals surface area contributed by atoms with Gasteiger partial charge in [0, 0.05) is 12.0 Å². The van der Waals surface area contributed by atoms with Gasteiger partial charge >= 0.3 is 0 Å². The van der Waals surface area contributed by atoms with Crippen LogP contribution in [0.4, 0.5) is 0 Å². The lowest BCUT2D eigenvalue weighted by Crippen LogP contribution is -1.91. The third-order valence-corrected chi connectivity index (χ3v) is 1.93. The SMILES string of the molecule is CCCC#COc1cc(C=O)ccc1OC. The van der Waals surface area contributed by atoms with Crippen molar-refractivity contribution in [3.05, 3.63) is 23.8 Å². The molecular formula is C13H14O3. The Hall–Kier alpha value is -1.95. The summed E-state index contributed by atoms with van der Waals surface area (Å²) in [7, 11) is 1.54. The average Bonchev–Trinajstić information content (AvgIpc) is 2.34. The molecule has 0 atom stereocenters. The fraction of sp³-hybridized carbons (Fsp3) is 0.308. The van der Waals surface area contributed by atoms with Gasteiger partial charge in [-0.3, -0.25) is 4.79 Å². The third-order valence-electron chi connectivity index (χ3n) is 1.93. The van der Waals surface area contributed by atoms with E-state index in [9.17, 15) is 4.79 Å². The second-order valence-electron chi connectivity index (χ2n) is 3.16. The number of benzene rings is 1. The van der Waals surface area contributed by atoms with Gasteiger partial charge < -0.3 is 9.47 Å². The van der Waals surface area contributed by atoms with Gasteiger partial charge in [0.15, 0.2) is 11.5 Å². The maximum Gasteiger partial charge on any atom is 0.182 e. The molecule has 1 aromatic rings. The molecule has 0 aromatic heterocycles. The van der Waals surface area contributed by atoms with Crippen LogP contribution in [0.1, 0.15) is 30.1 Å². The highest BCUT2D eigenvalue weighted by Gasteiger charge is 2.04. The Morgan fingerprint density at radius 1 is 1.38 bits per heavy atom. The summed E-state index contributed by atoms with van der Waals surface area (Å²) in [4.78, 5) is 10.6. The Morgan fingerprint density at radius 2 is 2.19 bits per heavy atom. The van der Waals surface area contributed by atoms with Crippen LogP contribution in [0, 0.1) is 12.0 Å². The first-order valence-electron chi connectivity index (χ1n) is 5.09. The van der Waals surface area contributed by atoms with Crippen LogP contribution in [0.5, 0.6) is 11.5 Å². The van der Waals surface area contributed by atoms with Gasteiger partial charge in [0.05, 0.1) is 7.11 Å². The van der Waals surface area contributed by atoms with E-state index in [2.05, 4.69) is 12.0 Å². The molecule has 0 saturated heterocycles. The van der Waals surface area contributed by atoms with Gasteiger partial charge in [0.25, 0.3) is 0 Å². The monoisotopic (exact) mass is 218 g/mol. The van der Waals surface area contributed by atoms with Gasteiger partial charge in [0.1, 0.15) is 12.4 Å². The van der Waals surface area contributed by atoms with Gasteiger partial charge in [-0.25, -0.2) is 0 Å². The highest BCUT2D eigenvalue weighted by atomic mass is 16.5. The van der Waals surface area contributed by atoms with E-state index < -0.39 is 0 Å². The van der Waals surface area contributed by atoms with E-state index in [-0.39, 0.29) is 0 Å². The molecule has 0 aliphatic rings. The normalized spacial score (nSPS) is 8.88. The number of unbranched alkanes of at least 4 members (excludes halogenated alkanes) is 1. The van der Waals surface area contributed by atoms with Crippen molar-refractivity contribution in [1.82, 2.24) is 0 Å². The zero-order chi connectivity index (χ0) is 11.8. The predicted octanol–water partition coefficient (Wildman–Crippen LogP) is 2.65. The fourth-order valence-corrected chi connectivity index (χ4v) is 1.11. The van der Waals surface area contributed by atoms with Crippen molar-refractivity contribution in [3.8, 4) is 23.5 Å². The molecule has 3 heteroatoms. The molecule has 16 heavy (non-hydrogen) atoms. The Balaban J connectivity index is 2.84. The number of carbonyl (C=O) groups excluding carboxylic acids is 1. The highest BCUT2D eigenvalue weighted by Crippen LogP contribution is 2.27. The van der Waals surface area contributed by atoms with Crippen molar-refractivity contribution in [3.63, 3.8) is 0 Å². The molecule has 0 saturated carbocycles. The first-order valence-corrected chi connectivity index (χ1v) is 5.09. The minimum Gasteiger partial charge on any atom is -0.493 e. The number of aldehydes is 1. The van der Waals surface area contributed by atoms with Crippen molar-refractivity contribution in [2.24, 2.45) is 0 Å². The van der Waals surface area contributed by atoms with E-state index in [0.717, 1.165) is 19.1 Å². The van der Waals surface area contributed by atoms with Crippen LogP contribution in [0.2, 0.25) is 0 Å². The predicted molar refractivity (Wildman–Crippen MR) is 61.7 cm³/mol. The molecule has 3 nitrogen and oxygen atoms in total. The first-order chi connectivity index (χ1) is 7.81. The maximum absolute atomic E-state index is 10.6. The molecular weight excluding hydrogens is 204 g/mol. The zero-order valence-electron chi connectivity index (χ0n) is 9.45. The van der Waals surface area contributed by atoms with E-state index in [0.29, 0.717) is 17.1 Å². The Labute approximate surface area is 95.4 Å². The van der Waals surface area contributed by atoms with E-state index in [1.807, 2.05) is 6.92 Å². The summed E-state index contributed by atoms with van der Waals surface area (Å²) in [5.41, 5.74) is 0.535.